The van der Waals surface area contributed by atoms with Crippen molar-refractivity contribution in [2.24, 2.45) is 0 Å². The summed E-state index contributed by atoms with van der Waals surface area (Å²) in [7, 11) is 1.53. The number of para-hydroxylation sites is 1. The van der Waals surface area contributed by atoms with Gasteiger partial charge in [0.15, 0.2) is 6.04 Å². The summed E-state index contributed by atoms with van der Waals surface area (Å²) in [6.45, 7) is 0.478. The predicted octanol–water partition coefficient (Wildman–Crippen LogP) is 2.70. The van der Waals surface area contributed by atoms with Crippen LogP contribution in [0.1, 0.15) is 17.4 Å². The van der Waals surface area contributed by atoms with E-state index in [9.17, 15) is 14.0 Å². The first-order valence-electron chi connectivity index (χ1n) is 10.7. The lowest BCUT2D eigenvalue weighted by molar-refractivity contribution is -0.143. The van der Waals surface area contributed by atoms with Gasteiger partial charge in [0.05, 0.1) is 18.4 Å². The van der Waals surface area contributed by atoms with Crippen LogP contribution in [0.3, 0.4) is 0 Å². The standard InChI is InChI=1S/C24H24FN5O4/c1-33-14-12-26-24(32)23(21-7-4-13-34-21)29(15-17-8-10-18(25)11-9-17)22(31)16-30-20-6-3-2-5-19(20)27-28-30/h2-11,13,23H,12,14-16H2,1H3,(H,26,32)/t23-/m0/s1. The fourth-order valence-electron chi connectivity index (χ4n) is 3.61. The number of methoxy groups -OCH3 is 1. The van der Waals surface area contributed by atoms with E-state index in [1.165, 1.54) is 35.1 Å². The van der Waals surface area contributed by atoms with Gasteiger partial charge in [0.1, 0.15) is 23.6 Å². The summed E-state index contributed by atoms with van der Waals surface area (Å²) in [5, 5.41) is 11.0. The van der Waals surface area contributed by atoms with Gasteiger partial charge < -0.3 is 19.4 Å². The first-order chi connectivity index (χ1) is 16.6. The maximum atomic E-state index is 13.6. The minimum absolute atomic E-state index is 0.0504. The Balaban J connectivity index is 1.68. The Morgan fingerprint density at radius 3 is 2.68 bits per heavy atom. The van der Waals surface area contributed by atoms with Crippen LogP contribution in [-0.4, -0.2) is 52.0 Å². The Morgan fingerprint density at radius 1 is 1.15 bits per heavy atom. The lowest BCUT2D eigenvalue weighted by Gasteiger charge is -2.30. The summed E-state index contributed by atoms with van der Waals surface area (Å²) in [6.07, 6.45) is 1.44. The molecule has 0 radical (unpaired) electrons. The van der Waals surface area contributed by atoms with Crippen LogP contribution >= 0.6 is 0 Å². The number of rotatable bonds is 10. The molecule has 4 rings (SSSR count). The Hall–Kier alpha value is -4.05. The fourth-order valence-corrected chi connectivity index (χ4v) is 3.61. The maximum Gasteiger partial charge on any atom is 0.250 e. The van der Waals surface area contributed by atoms with Gasteiger partial charge in [0, 0.05) is 20.2 Å². The SMILES string of the molecule is COCCNC(=O)[C@H](c1ccco1)N(Cc1ccc(F)cc1)C(=O)Cn1nnc2ccccc21. The van der Waals surface area contributed by atoms with Crippen molar-refractivity contribution in [3.05, 3.63) is 84.1 Å². The van der Waals surface area contributed by atoms with Gasteiger partial charge in [-0.25, -0.2) is 9.07 Å². The molecule has 0 saturated heterocycles. The molecule has 2 amide bonds. The van der Waals surface area contributed by atoms with E-state index in [-0.39, 0.29) is 25.5 Å². The van der Waals surface area contributed by atoms with Crippen LogP contribution in [0.25, 0.3) is 11.0 Å². The van der Waals surface area contributed by atoms with Gasteiger partial charge in [-0.15, -0.1) is 5.10 Å². The van der Waals surface area contributed by atoms with Crippen molar-refractivity contribution >= 4 is 22.8 Å². The summed E-state index contributed by atoms with van der Waals surface area (Å²) >= 11 is 0. The number of nitrogens with one attached hydrogen (secondary N) is 1. The van der Waals surface area contributed by atoms with Gasteiger partial charge in [-0.3, -0.25) is 9.59 Å². The van der Waals surface area contributed by atoms with Crippen LogP contribution in [0.5, 0.6) is 0 Å². The van der Waals surface area contributed by atoms with Gasteiger partial charge in [-0.1, -0.05) is 29.5 Å². The van der Waals surface area contributed by atoms with Crippen LogP contribution in [0.4, 0.5) is 4.39 Å². The van der Waals surface area contributed by atoms with Gasteiger partial charge in [0.25, 0.3) is 5.91 Å². The molecule has 0 aliphatic carbocycles. The van der Waals surface area contributed by atoms with E-state index >= 15 is 0 Å². The van der Waals surface area contributed by atoms with Gasteiger partial charge >= 0.3 is 0 Å². The van der Waals surface area contributed by atoms with Crippen molar-refractivity contribution in [3.63, 3.8) is 0 Å². The Morgan fingerprint density at radius 2 is 1.94 bits per heavy atom. The highest BCUT2D eigenvalue weighted by Crippen LogP contribution is 2.25. The lowest BCUT2D eigenvalue weighted by atomic mass is 10.1. The third-order valence-corrected chi connectivity index (χ3v) is 5.27. The monoisotopic (exact) mass is 465 g/mol. The minimum atomic E-state index is -1.06. The molecular weight excluding hydrogens is 441 g/mol. The molecule has 34 heavy (non-hydrogen) atoms. The van der Waals surface area contributed by atoms with Gasteiger partial charge in [0.2, 0.25) is 5.91 Å². The molecular formula is C24H24FN5O4. The molecule has 0 aliphatic heterocycles. The van der Waals surface area contributed by atoms with Crippen molar-refractivity contribution in [3.8, 4) is 0 Å². The second-order valence-corrected chi connectivity index (χ2v) is 7.59. The first-order valence-corrected chi connectivity index (χ1v) is 10.7. The molecule has 0 aliphatic rings. The normalized spacial score (nSPS) is 11.9. The number of carbonyl (C=O) groups is 2. The van der Waals surface area contributed by atoms with Crippen molar-refractivity contribution < 1.29 is 23.1 Å². The van der Waals surface area contributed by atoms with E-state index in [0.717, 1.165) is 0 Å². The number of benzene rings is 2. The topological polar surface area (TPSA) is 102 Å². The molecule has 2 aromatic carbocycles. The zero-order chi connectivity index (χ0) is 23.9. The summed E-state index contributed by atoms with van der Waals surface area (Å²) in [5.41, 5.74) is 2.00. The molecule has 2 heterocycles. The van der Waals surface area contributed by atoms with Crippen LogP contribution < -0.4 is 5.32 Å². The number of amides is 2. The number of ether oxygens (including phenoxy) is 1. The first kappa shape index (κ1) is 23.1. The zero-order valence-electron chi connectivity index (χ0n) is 18.6. The number of fused-ring (bicyclic) bond motifs is 1. The van der Waals surface area contributed by atoms with Gasteiger partial charge in [-0.05, 0) is 42.0 Å². The van der Waals surface area contributed by atoms with E-state index in [1.54, 1.807) is 30.3 Å². The quantitative estimate of drug-likeness (QED) is 0.361. The second kappa shape index (κ2) is 10.7. The van der Waals surface area contributed by atoms with Crippen LogP contribution in [-0.2, 0) is 27.4 Å². The van der Waals surface area contributed by atoms with E-state index in [0.29, 0.717) is 29.0 Å². The second-order valence-electron chi connectivity index (χ2n) is 7.59. The average molecular weight is 465 g/mol. The van der Waals surface area contributed by atoms with Crippen molar-refractivity contribution in [1.82, 2.24) is 25.2 Å². The van der Waals surface area contributed by atoms with Gasteiger partial charge in [-0.2, -0.15) is 0 Å². The van der Waals surface area contributed by atoms with Crippen molar-refractivity contribution in [2.45, 2.75) is 19.1 Å². The number of furan rings is 1. The molecule has 0 fully saturated rings. The molecule has 2 aromatic heterocycles. The molecule has 0 spiro atoms. The summed E-state index contributed by atoms with van der Waals surface area (Å²) in [6, 6.07) is 15.3. The number of aromatic nitrogens is 3. The molecule has 1 atom stereocenters. The molecule has 0 unspecified atom stereocenters. The fraction of sp³-hybridized carbons (Fsp3) is 0.250. The highest BCUT2D eigenvalue weighted by atomic mass is 19.1. The van der Waals surface area contributed by atoms with E-state index in [1.807, 2.05) is 18.2 Å². The van der Waals surface area contributed by atoms with Crippen molar-refractivity contribution in [1.29, 1.82) is 0 Å². The average Bonchev–Trinajstić information content (AvgIpc) is 3.51. The predicted molar refractivity (Wildman–Crippen MR) is 121 cm³/mol. The maximum absolute atomic E-state index is 13.6. The summed E-state index contributed by atoms with van der Waals surface area (Å²) < 4.78 is 25.5. The Bertz CT molecular complexity index is 1240. The molecule has 0 saturated carbocycles. The molecule has 1 N–H and O–H groups in total. The third kappa shape index (κ3) is 5.29. The molecule has 0 bridgehead atoms. The summed E-state index contributed by atoms with van der Waals surface area (Å²) in [4.78, 5) is 28.2. The number of nitrogens with zero attached hydrogens (tertiary/aromatic N) is 4. The van der Waals surface area contributed by atoms with Crippen LogP contribution in [0, 0.1) is 5.82 Å². The lowest BCUT2D eigenvalue weighted by Crippen LogP contribution is -2.45. The molecule has 9 nitrogen and oxygen atoms in total. The smallest absolute Gasteiger partial charge is 0.250 e. The van der Waals surface area contributed by atoms with Crippen molar-refractivity contribution in [2.75, 3.05) is 20.3 Å². The highest BCUT2D eigenvalue weighted by molar-refractivity contribution is 5.88. The van der Waals surface area contributed by atoms with E-state index in [2.05, 4.69) is 15.6 Å². The van der Waals surface area contributed by atoms with E-state index < -0.39 is 17.8 Å². The number of carbonyl (C=O) groups excluding carboxylic acids is 2. The number of halogens is 1. The molecule has 176 valence electrons. The highest BCUT2D eigenvalue weighted by Gasteiger charge is 2.34. The van der Waals surface area contributed by atoms with Crippen LogP contribution in [0.15, 0.2) is 71.3 Å². The largest absolute Gasteiger partial charge is 0.467 e. The van der Waals surface area contributed by atoms with E-state index in [4.69, 9.17) is 9.15 Å². The molecule has 10 heteroatoms. The third-order valence-electron chi connectivity index (χ3n) is 5.27. The number of hydrogen-bond donors (Lipinski definition) is 1. The Labute approximate surface area is 195 Å². The minimum Gasteiger partial charge on any atom is -0.467 e. The van der Waals surface area contributed by atoms with Crippen LogP contribution in [0.2, 0.25) is 0 Å². The zero-order valence-corrected chi connectivity index (χ0v) is 18.6. The summed E-state index contributed by atoms with van der Waals surface area (Å²) in [5.74, 6) is -0.904. The Kier molecular flexibility index (Phi) is 7.28. The number of hydrogen-bond acceptors (Lipinski definition) is 6. The molecule has 4 aromatic rings.